The van der Waals surface area contributed by atoms with E-state index in [-0.39, 0.29) is 11.9 Å². The SMILES string of the molecule is COc1ccc(C2Cn3ccnc3CN2C(=O)Cc2cccs2)cc1. The predicted octanol–water partition coefficient (Wildman–Crippen LogP) is 3.28. The van der Waals surface area contributed by atoms with Crippen LogP contribution in [0.1, 0.15) is 22.3 Å². The molecule has 0 radical (unpaired) electrons. The largest absolute Gasteiger partial charge is 0.497 e. The Balaban J connectivity index is 1.64. The summed E-state index contributed by atoms with van der Waals surface area (Å²) in [7, 11) is 1.66. The van der Waals surface area contributed by atoms with Crippen molar-refractivity contribution >= 4 is 17.2 Å². The summed E-state index contributed by atoms with van der Waals surface area (Å²) in [5.74, 6) is 1.89. The highest BCUT2D eigenvalue weighted by atomic mass is 32.1. The minimum absolute atomic E-state index is 0.0000633. The lowest BCUT2D eigenvalue weighted by Crippen LogP contribution is -2.41. The third kappa shape index (κ3) is 3.17. The average Bonchev–Trinajstić information content (AvgIpc) is 3.31. The van der Waals surface area contributed by atoms with Gasteiger partial charge in [0.2, 0.25) is 5.91 Å². The lowest BCUT2D eigenvalue weighted by Gasteiger charge is -2.36. The highest BCUT2D eigenvalue weighted by Gasteiger charge is 2.31. The second-order valence-electron chi connectivity index (χ2n) is 6.06. The molecule has 1 unspecified atom stereocenters. The van der Waals surface area contributed by atoms with Crippen LogP contribution in [-0.4, -0.2) is 27.5 Å². The van der Waals surface area contributed by atoms with Crippen molar-refractivity contribution < 1.29 is 9.53 Å². The first kappa shape index (κ1) is 15.9. The second kappa shape index (κ2) is 6.72. The average molecular weight is 353 g/mol. The molecule has 25 heavy (non-hydrogen) atoms. The summed E-state index contributed by atoms with van der Waals surface area (Å²) in [5, 5.41) is 2.01. The van der Waals surface area contributed by atoms with Gasteiger partial charge in [-0.25, -0.2) is 4.98 Å². The van der Waals surface area contributed by atoms with Gasteiger partial charge in [0.1, 0.15) is 11.6 Å². The quantitative estimate of drug-likeness (QED) is 0.723. The summed E-state index contributed by atoms with van der Waals surface area (Å²) in [5.41, 5.74) is 1.11. The summed E-state index contributed by atoms with van der Waals surface area (Å²) in [6.07, 6.45) is 4.21. The smallest absolute Gasteiger partial charge is 0.228 e. The first-order chi connectivity index (χ1) is 12.2. The topological polar surface area (TPSA) is 47.4 Å². The molecule has 4 rings (SSSR count). The van der Waals surface area contributed by atoms with E-state index in [2.05, 4.69) is 9.55 Å². The van der Waals surface area contributed by atoms with E-state index in [1.807, 2.05) is 52.9 Å². The van der Waals surface area contributed by atoms with Gasteiger partial charge in [-0.3, -0.25) is 4.79 Å². The Hall–Kier alpha value is -2.60. The second-order valence-corrected chi connectivity index (χ2v) is 7.09. The van der Waals surface area contributed by atoms with Gasteiger partial charge in [0.15, 0.2) is 0 Å². The monoisotopic (exact) mass is 353 g/mol. The third-order valence-electron chi connectivity index (χ3n) is 4.59. The molecule has 2 aromatic heterocycles. The van der Waals surface area contributed by atoms with E-state index in [0.29, 0.717) is 13.0 Å². The summed E-state index contributed by atoms with van der Waals surface area (Å²) in [6, 6.07) is 12.0. The van der Waals surface area contributed by atoms with Gasteiger partial charge in [0, 0.05) is 23.8 Å². The number of rotatable bonds is 4. The van der Waals surface area contributed by atoms with Gasteiger partial charge in [-0.2, -0.15) is 0 Å². The fraction of sp³-hybridized carbons (Fsp3) is 0.263. The number of thiophene rings is 1. The fourth-order valence-corrected chi connectivity index (χ4v) is 3.94. The van der Waals surface area contributed by atoms with Crippen LogP contribution in [0.25, 0.3) is 0 Å². The molecule has 1 aliphatic heterocycles. The standard InChI is InChI=1S/C19H19N3O2S/c1-24-15-6-4-14(5-7-15)17-12-21-9-8-20-18(21)13-22(17)19(23)11-16-3-2-10-25-16/h2-10,17H,11-13H2,1H3. The Bertz CT molecular complexity index is 855. The van der Waals surface area contributed by atoms with Crippen molar-refractivity contribution in [3.63, 3.8) is 0 Å². The molecule has 3 heterocycles. The van der Waals surface area contributed by atoms with Gasteiger partial charge in [0.05, 0.1) is 26.1 Å². The lowest BCUT2D eigenvalue weighted by molar-refractivity contribution is -0.135. The number of amides is 1. The van der Waals surface area contributed by atoms with Crippen LogP contribution in [0.3, 0.4) is 0 Å². The van der Waals surface area contributed by atoms with Crippen LogP contribution in [0, 0.1) is 0 Å². The van der Waals surface area contributed by atoms with Gasteiger partial charge >= 0.3 is 0 Å². The summed E-state index contributed by atoms with van der Waals surface area (Å²) in [6.45, 7) is 1.26. The van der Waals surface area contributed by atoms with E-state index in [1.165, 1.54) is 0 Å². The minimum Gasteiger partial charge on any atom is -0.497 e. The van der Waals surface area contributed by atoms with Crippen molar-refractivity contribution in [1.29, 1.82) is 0 Å². The molecule has 0 saturated heterocycles. The van der Waals surface area contributed by atoms with Gasteiger partial charge in [-0.1, -0.05) is 18.2 Å². The van der Waals surface area contributed by atoms with Gasteiger partial charge < -0.3 is 14.2 Å². The lowest BCUT2D eigenvalue weighted by atomic mass is 10.0. The van der Waals surface area contributed by atoms with Crippen molar-refractivity contribution in [3.05, 3.63) is 70.4 Å². The molecule has 128 valence electrons. The van der Waals surface area contributed by atoms with Crippen molar-refractivity contribution in [2.75, 3.05) is 7.11 Å². The normalized spacial score (nSPS) is 16.5. The summed E-state index contributed by atoms with van der Waals surface area (Å²) >= 11 is 1.62. The minimum atomic E-state index is 0.0000633. The molecule has 0 fully saturated rings. The highest BCUT2D eigenvalue weighted by molar-refractivity contribution is 7.10. The van der Waals surface area contributed by atoms with Crippen LogP contribution in [-0.2, 0) is 24.3 Å². The van der Waals surface area contributed by atoms with Crippen LogP contribution >= 0.6 is 11.3 Å². The number of aromatic nitrogens is 2. The molecule has 1 aromatic carbocycles. The number of ether oxygens (including phenoxy) is 1. The number of hydrogen-bond acceptors (Lipinski definition) is 4. The zero-order valence-corrected chi connectivity index (χ0v) is 14.8. The molecule has 5 nitrogen and oxygen atoms in total. The Morgan fingerprint density at radius 3 is 2.88 bits per heavy atom. The Morgan fingerprint density at radius 2 is 2.16 bits per heavy atom. The number of carbonyl (C=O) groups excluding carboxylic acids is 1. The highest BCUT2D eigenvalue weighted by Crippen LogP contribution is 2.31. The summed E-state index contributed by atoms with van der Waals surface area (Å²) in [4.78, 5) is 20.4. The molecule has 1 atom stereocenters. The molecule has 0 N–H and O–H groups in total. The number of fused-ring (bicyclic) bond motifs is 1. The third-order valence-corrected chi connectivity index (χ3v) is 5.46. The van der Waals surface area contributed by atoms with Crippen LogP contribution in [0.5, 0.6) is 5.75 Å². The van der Waals surface area contributed by atoms with Crippen LogP contribution < -0.4 is 4.74 Å². The van der Waals surface area contributed by atoms with Crippen molar-refractivity contribution in [1.82, 2.24) is 14.5 Å². The zero-order valence-electron chi connectivity index (χ0n) is 14.0. The Morgan fingerprint density at radius 1 is 1.32 bits per heavy atom. The van der Waals surface area contributed by atoms with E-state index in [0.717, 1.165) is 28.6 Å². The first-order valence-electron chi connectivity index (χ1n) is 8.20. The maximum Gasteiger partial charge on any atom is 0.228 e. The number of nitrogens with zero attached hydrogens (tertiary/aromatic N) is 3. The molecule has 0 spiro atoms. The molecule has 1 aliphatic rings. The molecule has 3 aromatic rings. The summed E-state index contributed by atoms with van der Waals surface area (Å²) < 4.78 is 7.38. The molecule has 1 amide bonds. The van der Waals surface area contributed by atoms with Crippen molar-refractivity contribution in [3.8, 4) is 5.75 Å². The van der Waals surface area contributed by atoms with Crippen LogP contribution in [0.2, 0.25) is 0 Å². The van der Waals surface area contributed by atoms with Crippen molar-refractivity contribution in [2.24, 2.45) is 0 Å². The Kier molecular flexibility index (Phi) is 4.28. The maximum atomic E-state index is 13.0. The Labute approximate surface area is 150 Å². The molecular formula is C19H19N3O2S. The van der Waals surface area contributed by atoms with Gasteiger partial charge in [0.25, 0.3) is 0 Å². The zero-order chi connectivity index (χ0) is 17.2. The molecule has 0 saturated carbocycles. The molecular weight excluding hydrogens is 334 g/mol. The fourth-order valence-electron chi connectivity index (χ4n) is 3.24. The van der Waals surface area contributed by atoms with Crippen molar-refractivity contribution in [2.45, 2.75) is 25.6 Å². The van der Waals surface area contributed by atoms with E-state index < -0.39 is 0 Å². The predicted molar refractivity (Wildman–Crippen MR) is 96.5 cm³/mol. The number of methoxy groups -OCH3 is 1. The van der Waals surface area contributed by atoms with Gasteiger partial charge in [-0.05, 0) is 29.1 Å². The molecule has 0 bridgehead atoms. The van der Waals surface area contributed by atoms with E-state index in [1.54, 1.807) is 24.6 Å². The van der Waals surface area contributed by atoms with Crippen LogP contribution in [0.15, 0.2) is 54.2 Å². The number of benzene rings is 1. The van der Waals surface area contributed by atoms with E-state index in [9.17, 15) is 4.79 Å². The number of hydrogen-bond donors (Lipinski definition) is 0. The van der Waals surface area contributed by atoms with Gasteiger partial charge in [-0.15, -0.1) is 11.3 Å². The van der Waals surface area contributed by atoms with Crippen LogP contribution in [0.4, 0.5) is 0 Å². The first-order valence-corrected chi connectivity index (χ1v) is 9.08. The van der Waals surface area contributed by atoms with E-state index >= 15 is 0 Å². The van der Waals surface area contributed by atoms with E-state index in [4.69, 9.17) is 4.74 Å². The maximum absolute atomic E-state index is 13.0. The number of carbonyl (C=O) groups is 1. The number of imidazole rings is 1. The molecule has 6 heteroatoms. The molecule has 0 aliphatic carbocycles.